The summed E-state index contributed by atoms with van der Waals surface area (Å²) in [6.45, 7) is 2.17. The molecular weight excluding hydrogens is 226 g/mol. The van der Waals surface area contributed by atoms with E-state index < -0.39 is 5.97 Å². The van der Waals surface area contributed by atoms with E-state index in [4.69, 9.17) is 9.63 Å². The Balaban J connectivity index is 2.31. The number of amides is 1. The van der Waals surface area contributed by atoms with Crippen molar-refractivity contribution in [2.24, 2.45) is 0 Å². The summed E-state index contributed by atoms with van der Waals surface area (Å²) < 4.78 is 4.82. The highest BCUT2D eigenvalue weighted by Gasteiger charge is 2.10. The first-order chi connectivity index (χ1) is 7.97. The van der Waals surface area contributed by atoms with E-state index in [-0.39, 0.29) is 18.9 Å². The highest BCUT2D eigenvalue weighted by atomic mass is 16.5. The summed E-state index contributed by atoms with van der Waals surface area (Å²) in [5.41, 5.74) is 0.680. The molecule has 2 N–H and O–H groups in total. The first kappa shape index (κ1) is 13.2. The predicted octanol–water partition coefficient (Wildman–Crippen LogP) is 0.328. The minimum Gasteiger partial charge on any atom is -0.481 e. The first-order valence-corrected chi connectivity index (χ1v) is 5.11. The molecule has 0 aliphatic rings. The van der Waals surface area contributed by atoms with E-state index in [1.807, 2.05) is 0 Å². The molecule has 0 atom stereocenters. The van der Waals surface area contributed by atoms with Crippen molar-refractivity contribution in [3.63, 3.8) is 0 Å². The number of nitrogens with zero attached hydrogens (tertiary/aromatic N) is 2. The van der Waals surface area contributed by atoms with Crippen LogP contribution in [0.25, 0.3) is 0 Å². The molecule has 0 spiro atoms. The Bertz CT molecular complexity index is 402. The molecule has 17 heavy (non-hydrogen) atoms. The van der Waals surface area contributed by atoms with E-state index >= 15 is 0 Å². The number of carboxylic acid groups (broad SMARTS) is 1. The minimum atomic E-state index is -0.886. The monoisotopic (exact) mass is 241 g/mol. The van der Waals surface area contributed by atoms with E-state index in [9.17, 15) is 9.59 Å². The van der Waals surface area contributed by atoms with Crippen LogP contribution >= 0.6 is 0 Å². The van der Waals surface area contributed by atoms with Crippen molar-refractivity contribution < 1.29 is 19.2 Å². The van der Waals surface area contributed by atoms with Crippen molar-refractivity contribution in [2.75, 3.05) is 25.5 Å². The Morgan fingerprint density at radius 2 is 2.29 bits per heavy atom. The molecule has 0 saturated carbocycles. The molecule has 1 rings (SSSR count). The Kier molecular flexibility index (Phi) is 4.65. The fourth-order valence-electron chi connectivity index (χ4n) is 1.21. The molecule has 0 aliphatic carbocycles. The van der Waals surface area contributed by atoms with Crippen LogP contribution in [0.1, 0.15) is 12.1 Å². The summed E-state index contributed by atoms with van der Waals surface area (Å²) in [4.78, 5) is 23.4. The van der Waals surface area contributed by atoms with Crippen molar-refractivity contribution in [1.29, 1.82) is 0 Å². The summed E-state index contributed by atoms with van der Waals surface area (Å²) in [6, 6.07) is 1.61. The van der Waals surface area contributed by atoms with Gasteiger partial charge in [-0.1, -0.05) is 5.16 Å². The Hall–Kier alpha value is -1.89. The SMILES string of the molecule is Cc1cc(NC(=O)CN(C)CCC(=O)O)on1. The van der Waals surface area contributed by atoms with Gasteiger partial charge in [0.25, 0.3) is 0 Å². The Labute approximate surface area is 98.4 Å². The van der Waals surface area contributed by atoms with E-state index in [0.717, 1.165) is 0 Å². The van der Waals surface area contributed by atoms with E-state index in [2.05, 4.69) is 10.5 Å². The summed E-state index contributed by atoms with van der Waals surface area (Å²) in [5, 5.41) is 14.6. The lowest BCUT2D eigenvalue weighted by molar-refractivity contribution is -0.137. The van der Waals surface area contributed by atoms with E-state index in [1.165, 1.54) is 0 Å². The number of aryl methyl sites for hydroxylation is 1. The molecule has 0 aromatic carbocycles. The molecule has 94 valence electrons. The molecule has 7 nitrogen and oxygen atoms in total. The fraction of sp³-hybridized carbons (Fsp3) is 0.500. The zero-order chi connectivity index (χ0) is 12.8. The third kappa shape index (κ3) is 5.12. The van der Waals surface area contributed by atoms with Gasteiger partial charge in [-0.15, -0.1) is 0 Å². The van der Waals surface area contributed by atoms with Gasteiger partial charge >= 0.3 is 5.97 Å². The molecule has 0 aliphatic heterocycles. The smallest absolute Gasteiger partial charge is 0.304 e. The number of carboxylic acids is 1. The van der Waals surface area contributed by atoms with Crippen molar-refractivity contribution in [1.82, 2.24) is 10.1 Å². The quantitative estimate of drug-likeness (QED) is 0.745. The van der Waals surface area contributed by atoms with Crippen LogP contribution in [0.4, 0.5) is 5.88 Å². The van der Waals surface area contributed by atoms with Crippen LogP contribution in [0.2, 0.25) is 0 Å². The van der Waals surface area contributed by atoms with Crippen LogP contribution in [0, 0.1) is 6.92 Å². The maximum atomic E-state index is 11.5. The van der Waals surface area contributed by atoms with Gasteiger partial charge in [0.2, 0.25) is 11.8 Å². The topological polar surface area (TPSA) is 95.7 Å². The summed E-state index contributed by atoms with van der Waals surface area (Å²) in [5.74, 6) is -0.865. The van der Waals surface area contributed by atoms with Gasteiger partial charge in [0.15, 0.2) is 0 Å². The molecule has 0 saturated heterocycles. The number of hydrogen-bond acceptors (Lipinski definition) is 5. The number of likely N-dealkylation sites (N-methyl/N-ethyl adjacent to an activating group) is 1. The van der Waals surface area contributed by atoms with Gasteiger partial charge in [0.1, 0.15) is 0 Å². The molecular formula is C10H15N3O4. The van der Waals surface area contributed by atoms with Crippen molar-refractivity contribution in [2.45, 2.75) is 13.3 Å². The number of carbonyl (C=O) groups excluding carboxylic acids is 1. The van der Waals surface area contributed by atoms with Gasteiger partial charge in [-0.25, -0.2) is 0 Å². The van der Waals surface area contributed by atoms with Gasteiger partial charge < -0.3 is 9.63 Å². The predicted molar refractivity (Wildman–Crippen MR) is 59.6 cm³/mol. The molecule has 1 aromatic rings. The second-order valence-corrected chi connectivity index (χ2v) is 3.76. The molecule has 1 heterocycles. The third-order valence-corrected chi connectivity index (χ3v) is 2.01. The molecule has 7 heteroatoms. The number of aliphatic carboxylic acids is 1. The average molecular weight is 241 g/mol. The van der Waals surface area contributed by atoms with Crippen molar-refractivity contribution >= 4 is 17.8 Å². The first-order valence-electron chi connectivity index (χ1n) is 5.11. The fourth-order valence-corrected chi connectivity index (χ4v) is 1.21. The maximum absolute atomic E-state index is 11.5. The maximum Gasteiger partial charge on any atom is 0.304 e. The van der Waals surface area contributed by atoms with Crippen LogP contribution in [-0.4, -0.2) is 47.2 Å². The van der Waals surface area contributed by atoms with Crippen molar-refractivity contribution in [3.05, 3.63) is 11.8 Å². The molecule has 1 aromatic heterocycles. The van der Waals surface area contributed by atoms with Gasteiger partial charge in [-0.05, 0) is 14.0 Å². The molecule has 1 amide bonds. The van der Waals surface area contributed by atoms with E-state index in [0.29, 0.717) is 18.1 Å². The zero-order valence-electron chi connectivity index (χ0n) is 9.77. The number of hydrogen-bond donors (Lipinski definition) is 2. The van der Waals surface area contributed by atoms with Gasteiger partial charge in [0.05, 0.1) is 18.7 Å². The van der Waals surface area contributed by atoms with Crippen LogP contribution in [0.5, 0.6) is 0 Å². The lowest BCUT2D eigenvalue weighted by Crippen LogP contribution is -2.31. The van der Waals surface area contributed by atoms with Gasteiger partial charge in [-0.2, -0.15) is 0 Å². The normalized spacial score (nSPS) is 10.5. The second-order valence-electron chi connectivity index (χ2n) is 3.76. The summed E-state index contributed by atoms with van der Waals surface area (Å²) >= 11 is 0. The largest absolute Gasteiger partial charge is 0.481 e. The van der Waals surface area contributed by atoms with Gasteiger partial charge in [0, 0.05) is 12.6 Å². The highest BCUT2D eigenvalue weighted by Crippen LogP contribution is 2.07. The summed E-state index contributed by atoms with van der Waals surface area (Å²) in [7, 11) is 1.67. The number of anilines is 1. The van der Waals surface area contributed by atoms with E-state index in [1.54, 1.807) is 24.9 Å². The van der Waals surface area contributed by atoms with Crippen LogP contribution in [0.15, 0.2) is 10.6 Å². The Morgan fingerprint density at radius 3 is 2.82 bits per heavy atom. The lowest BCUT2D eigenvalue weighted by atomic mass is 10.4. The van der Waals surface area contributed by atoms with Crippen LogP contribution in [-0.2, 0) is 9.59 Å². The number of rotatable bonds is 6. The zero-order valence-corrected chi connectivity index (χ0v) is 9.77. The number of carbonyl (C=O) groups is 2. The van der Waals surface area contributed by atoms with Crippen LogP contribution in [0.3, 0.4) is 0 Å². The summed E-state index contributed by atoms with van der Waals surface area (Å²) in [6.07, 6.45) is 0.00515. The minimum absolute atomic E-state index is 0.00515. The third-order valence-electron chi connectivity index (χ3n) is 2.01. The number of nitrogens with one attached hydrogen (secondary N) is 1. The molecule has 0 unspecified atom stereocenters. The second kappa shape index (κ2) is 6.00. The molecule has 0 radical (unpaired) electrons. The molecule has 0 bridgehead atoms. The molecule has 0 fully saturated rings. The Morgan fingerprint density at radius 1 is 1.59 bits per heavy atom. The van der Waals surface area contributed by atoms with Crippen LogP contribution < -0.4 is 5.32 Å². The lowest BCUT2D eigenvalue weighted by Gasteiger charge is -2.13. The van der Waals surface area contributed by atoms with Gasteiger partial charge in [-0.3, -0.25) is 19.8 Å². The van der Waals surface area contributed by atoms with Crippen molar-refractivity contribution in [3.8, 4) is 0 Å². The average Bonchev–Trinajstić information content (AvgIpc) is 2.60. The highest BCUT2D eigenvalue weighted by molar-refractivity contribution is 5.90. The number of aromatic nitrogens is 1. The standard InChI is InChI=1S/C10H15N3O4/c1-7-5-9(17-12-7)11-8(14)6-13(2)4-3-10(15)16/h5H,3-4,6H2,1-2H3,(H,11,14)(H,15,16).